The Hall–Kier alpha value is -0.970. The van der Waals surface area contributed by atoms with E-state index >= 15 is 0 Å². The van der Waals surface area contributed by atoms with E-state index < -0.39 is 0 Å². The molecule has 2 atom stereocenters. The van der Waals surface area contributed by atoms with Crippen LogP contribution in [0.1, 0.15) is 39.9 Å². The maximum absolute atomic E-state index is 4.76. The number of nitrogens with one attached hydrogen (secondary N) is 1. The second-order valence-corrected chi connectivity index (χ2v) is 7.35. The van der Waals surface area contributed by atoms with E-state index in [9.17, 15) is 0 Å². The lowest BCUT2D eigenvalue weighted by molar-refractivity contribution is 0.710. The third-order valence-corrected chi connectivity index (χ3v) is 4.56. The van der Waals surface area contributed by atoms with Gasteiger partial charge in [0.25, 0.3) is 0 Å². The number of hydrogen-bond acceptors (Lipinski definition) is 5. The van der Waals surface area contributed by atoms with E-state index in [-0.39, 0.29) is 0 Å². The summed E-state index contributed by atoms with van der Waals surface area (Å²) in [5, 5.41) is 4.64. The van der Waals surface area contributed by atoms with Crippen LogP contribution in [0.3, 0.4) is 0 Å². The zero-order chi connectivity index (χ0) is 14.5. The van der Waals surface area contributed by atoms with Gasteiger partial charge < -0.3 is 10.2 Å². The third-order valence-electron chi connectivity index (χ3n) is 3.33. The normalized spacial score (nSPS) is 22.9. The molecule has 1 aromatic heterocycles. The molecule has 0 bridgehead atoms. The van der Waals surface area contributed by atoms with Crippen LogP contribution in [0.2, 0.25) is 0 Å². The highest BCUT2D eigenvalue weighted by atomic mass is 32.2. The predicted octanol–water partition coefficient (Wildman–Crippen LogP) is 3.19. The smallest absolute Gasteiger partial charge is 0.134 e. The van der Waals surface area contributed by atoms with E-state index in [2.05, 4.69) is 60.7 Å². The van der Waals surface area contributed by atoms with Crippen molar-refractivity contribution in [2.75, 3.05) is 29.9 Å². The highest BCUT2D eigenvalue weighted by molar-refractivity contribution is 8.00. The van der Waals surface area contributed by atoms with Crippen molar-refractivity contribution in [3.8, 4) is 0 Å². The first-order valence-electron chi connectivity index (χ1n) is 7.64. The van der Waals surface area contributed by atoms with Crippen molar-refractivity contribution in [2.45, 2.75) is 51.0 Å². The van der Waals surface area contributed by atoms with Crippen molar-refractivity contribution in [1.82, 2.24) is 9.97 Å². The summed E-state index contributed by atoms with van der Waals surface area (Å²) in [6.45, 7) is 11.9. The molecule has 1 saturated heterocycles. The summed E-state index contributed by atoms with van der Waals surface area (Å²) in [5.74, 6) is 3.00. The molecule has 5 heteroatoms. The summed E-state index contributed by atoms with van der Waals surface area (Å²) in [7, 11) is 0. The molecule has 20 heavy (non-hydrogen) atoms. The summed E-state index contributed by atoms with van der Waals surface area (Å²) in [5.41, 5.74) is 0. The van der Waals surface area contributed by atoms with E-state index in [4.69, 9.17) is 4.98 Å². The lowest BCUT2D eigenvalue weighted by atomic mass is 10.3. The van der Waals surface area contributed by atoms with Gasteiger partial charge in [0.1, 0.15) is 17.5 Å². The molecule has 1 aliphatic heterocycles. The van der Waals surface area contributed by atoms with Gasteiger partial charge in [-0.1, -0.05) is 20.8 Å². The number of aromatic nitrogens is 2. The first-order chi connectivity index (χ1) is 9.62. The SMILES string of the molecule is CCCc1nc(NCC)cc(N2CC(C)SC(C)C2)n1. The van der Waals surface area contributed by atoms with Gasteiger partial charge in [-0.25, -0.2) is 9.97 Å². The molecule has 0 aliphatic carbocycles. The summed E-state index contributed by atoms with van der Waals surface area (Å²) >= 11 is 2.07. The number of hydrogen-bond donors (Lipinski definition) is 1. The topological polar surface area (TPSA) is 41.1 Å². The largest absolute Gasteiger partial charge is 0.370 e. The Balaban J connectivity index is 2.24. The Morgan fingerprint density at radius 2 is 1.95 bits per heavy atom. The molecular formula is C15H26N4S. The van der Waals surface area contributed by atoms with Gasteiger partial charge in [0.2, 0.25) is 0 Å². The van der Waals surface area contributed by atoms with E-state index in [1.165, 1.54) is 0 Å². The summed E-state index contributed by atoms with van der Waals surface area (Å²) in [4.78, 5) is 11.8. The molecule has 4 nitrogen and oxygen atoms in total. The predicted molar refractivity (Wildman–Crippen MR) is 88.9 cm³/mol. The van der Waals surface area contributed by atoms with E-state index in [0.29, 0.717) is 10.5 Å². The maximum Gasteiger partial charge on any atom is 0.134 e. The van der Waals surface area contributed by atoms with Crippen LogP contribution in [-0.2, 0) is 6.42 Å². The Labute approximate surface area is 126 Å². The van der Waals surface area contributed by atoms with Crippen LogP contribution >= 0.6 is 11.8 Å². The fourth-order valence-corrected chi connectivity index (χ4v) is 3.94. The summed E-state index contributed by atoms with van der Waals surface area (Å²) in [6.07, 6.45) is 2.03. The van der Waals surface area contributed by atoms with Crippen molar-refractivity contribution in [3.63, 3.8) is 0 Å². The lowest BCUT2D eigenvalue weighted by Gasteiger charge is -2.35. The molecule has 0 saturated carbocycles. The second-order valence-electron chi connectivity index (χ2n) is 5.47. The Morgan fingerprint density at radius 1 is 1.25 bits per heavy atom. The van der Waals surface area contributed by atoms with Crippen LogP contribution in [0.15, 0.2) is 6.07 Å². The first-order valence-corrected chi connectivity index (χ1v) is 8.58. The van der Waals surface area contributed by atoms with Crippen molar-refractivity contribution in [3.05, 3.63) is 11.9 Å². The highest BCUT2D eigenvalue weighted by Gasteiger charge is 2.23. The molecule has 2 unspecified atom stereocenters. The molecule has 0 aromatic carbocycles. The monoisotopic (exact) mass is 294 g/mol. The van der Waals surface area contributed by atoms with Crippen LogP contribution in [0, 0.1) is 0 Å². The van der Waals surface area contributed by atoms with E-state index in [1.54, 1.807) is 0 Å². The van der Waals surface area contributed by atoms with Gasteiger partial charge >= 0.3 is 0 Å². The number of anilines is 2. The van der Waals surface area contributed by atoms with Gasteiger partial charge in [-0.2, -0.15) is 11.8 Å². The maximum atomic E-state index is 4.76. The van der Waals surface area contributed by atoms with Crippen LogP contribution in [0.25, 0.3) is 0 Å². The van der Waals surface area contributed by atoms with Gasteiger partial charge in [0.05, 0.1) is 0 Å². The van der Waals surface area contributed by atoms with Crippen LogP contribution in [-0.4, -0.2) is 40.1 Å². The Kier molecular flexibility index (Phi) is 5.52. The molecule has 1 aromatic rings. The fourth-order valence-electron chi connectivity index (χ4n) is 2.62. The molecule has 1 fully saturated rings. The molecule has 1 aliphatic rings. The minimum absolute atomic E-state index is 0.658. The van der Waals surface area contributed by atoms with Gasteiger partial charge in [-0.3, -0.25) is 0 Å². The van der Waals surface area contributed by atoms with Gasteiger partial charge in [0.15, 0.2) is 0 Å². The Bertz CT molecular complexity index is 404. The summed E-state index contributed by atoms with van der Waals surface area (Å²) in [6, 6.07) is 2.10. The number of thioether (sulfide) groups is 1. The Morgan fingerprint density at radius 3 is 2.55 bits per heavy atom. The van der Waals surface area contributed by atoms with Crippen molar-refractivity contribution >= 4 is 23.4 Å². The number of rotatable bonds is 5. The minimum Gasteiger partial charge on any atom is -0.370 e. The molecule has 1 N–H and O–H groups in total. The van der Waals surface area contributed by atoms with E-state index in [1.807, 2.05) is 0 Å². The third kappa shape index (κ3) is 4.01. The van der Waals surface area contributed by atoms with Crippen molar-refractivity contribution in [1.29, 1.82) is 0 Å². The average Bonchev–Trinajstić information content (AvgIpc) is 2.38. The average molecular weight is 294 g/mol. The van der Waals surface area contributed by atoms with Gasteiger partial charge in [0, 0.05) is 42.6 Å². The van der Waals surface area contributed by atoms with Crippen molar-refractivity contribution < 1.29 is 0 Å². The molecule has 2 rings (SSSR count). The zero-order valence-corrected chi connectivity index (χ0v) is 13.8. The first kappa shape index (κ1) is 15.4. The standard InChI is InChI=1S/C15H26N4S/c1-5-7-13-17-14(16-6-2)8-15(18-13)19-9-11(3)20-12(4)10-19/h8,11-12H,5-7,9-10H2,1-4H3,(H,16,17,18). The molecule has 0 spiro atoms. The van der Waals surface area contributed by atoms with Gasteiger partial charge in [-0.15, -0.1) is 0 Å². The lowest BCUT2D eigenvalue weighted by Crippen LogP contribution is -2.41. The molecule has 0 amide bonds. The summed E-state index contributed by atoms with van der Waals surface area (Å²) < 4.78 is 0. The second kappa shape index (κ2) is 7.16. The molecule has 0 radical (unpaired) electrons. The van der Waals surface area contributed by atoms with Crippen LogP contribution < -0.4 is 10.2 Å². The van der Waals surface area contributed by atoms with Crippen molar-refractivity contribution in [2.24, 2.45) is 0 Å². The zero-order valence-electron chi connectivity index (χ0n) is 13.0. The number of nitrogens with zero attached hydrogens (tertiary/aromatic N) is 3. The minimum atomic E-state index is 0.658. The van der Waals surface area contributed by atoms with Crippen LogP contribution in [0.4, 0.5) is 11.6 Å². The number of aryl methyl sites for hydroxylation is 1. The van der Waals surface area contributed by atoms with E-state index in [0.717, 1.165) is 49.9 Å². The quantitative estimate of drug-likeness (QED) is 0.903. The van der Waals surface area contributed by atoms with Crippen LogP contribution in [0.5, 0.6) is 0 Å². The molecular weight excluding hydrogens is 268 g/mol. The fraction of sp³-hybridized carbons (Fsp3) is 0.733. The van der Waals surface area contributed by atoms with Gasteiger partial charge in [-0.05, 0) is 13.3 Å². The molecule has 2 heterocycles. The highest BCUT2D eigenvalue weighted by Crippen LogP contribution is 2.28. The molecule has 112 valence electrons.